The first-order valence-corrected chi connectivity index (χ1v) is 12.3. The number of methoxy groups -OCH3 is 1. The number of rotatable bonds is 4. The van der Waals surface area contributed by atoms with Gasteiger partial charge in [-0.05, 0) is 60.8 Å². The molecule has 2 aromatic rings. The summed E-state index contributed by atoms with van der Waals surface area (Å²) < 4.78 is 11.3. The number of benzene rings is 1. The number of likely N-dealkylation sites (tertiary alicyclic amines) is 1. The van der Waals surface area contributed by atoms with E-state index in [1.165, 1.54) is 24.0 Å². The van der Waals surface area contributed by atoms with E-state index in [1.54, 1.807) is 7.11 Å². The largest absolute Gasteiger partial charge is 0.492 e. The predicted molar refractivity (Wildman–Crippen MR) is 129 cm³/mol. The molecule has 0 radical (unpaired) electrons. The van der Waals surface area contributed by atoms with Gasteiger partial charge in [-0.1, -0.05) is 30.7 Å². The Labute approximate surface area is 197 Å². The van der Waals surface area contributed by atoms with Gasteiger partial charge in [0.05, 0.1) is 0 Å². The Morgan fingerprint density at radius 3 is 2.73 bits per heavy atom. The molecule has 1 saturated heterocycles. The number of para-hydroxylation sites is 1. The van der Waals surface area contributed by atoms with Crippen molar-refractivity contribution in [2.24, 2.45) is 5.41 Å². The lowest BCUT2D eigenvalue weighted by molar-refractivity contribution is -0.137. The molecule has 1 amide bonds. The number of hydrogen-bond donors (Lipinski definition) is 0. The molecular formula is C27H37N3O3. The third kappa shape index (κ3) is 6.55. The first-order valence-electron chi connectivity index (χ1n) is 12.3. The lowest BCUT2D eigenvalue weighted by atomic mass is 9.73. The smallest absolute Gasteiger partial charge is 0.248 e. The first kappa shape index (κ1) is 23.7. The zero-order valence-electron chi connectivity index (χ0n) is 19.9. The molecule has 1 aromatic heterocycles. The molecule has 0 aliphatic carbocycles. The van der Waals surface area contributed by atoms with Crippen LogP contribution in [0.2, 0.25) is 0 Å². The van der Waals surface area contributed by atoms with E-state index in [-0.39, 0.29) is 17.9 Å². The number of pyridine rings is 1. The van der Waals surface area contributed by atoms with Crippen molar-refractivity contribution in [2.75, 3.05) is 46.5 Å². The number of aromatic nitrogens is 1. The van der Waals surface area contributed by atoms with Crippen molar-refractivity contribution in [1.29, 1.82) is 0 Å². The predicted octanol–water partition coefficient (Wildman–Crippen LogP) is 3.94. The summed E-state index contributed by atoms with van der Waals surface area (Å²) in [5.74, 6) is 1.14. The molecule has 2 aliphatic rings. The number of carbonyl (C=O) groups is 1. The minimum Gasteiger partial charge on any atom is -0.492 e. The van der Waals surface area contributed by atoms with Crippen LogP contribution in [-0.2, 0) is 22.5 Å². The highest BCUT2D eigenvalue weighted by atomic mass is 16.5. The summed E-state index contributed by atoms with van der Waals surface area (Å²) in [4.78, 5) is 21.2. The van der Waals surface area contributed by atoms with E-state index in [1.807, 2.05) is 23.4 Å². The SMILES string of the molecule is COCC(=O)N1CCC2(CCCCc3ccccc3OCCN(Cc3cccnc3)C2)CC1. The van der Waals surface area contributed by atoms with Gasteiger partial charge in [0.15, 0.2) is 0 Å². The van der Waals surface area contributed by atoms with Crippen LogP contribution in [0.15, 0.2) is 48.8 Å². The van der Waals surface area contributed by atoms with Crippen LogP contribution >= 0.6 is 0 Å². The highest BCUT2D eigenvalue weighted by Crippen LogP contribution is 2.38. The van der Waals surface area contributed by atoms with E-state index in [0.29, 0.717) is 6.61 Å². The van der Waals surface area contributed by atoms with Crippen LogP contribution in [0.1, 0.15) is 43.2 Å². The molecule has 1 spiro atoms. The van der Waals surface area contributed by atoms with Gasteiger partial charge in [0.25, 0.3) is 0 Å². The molecule has 2 aliphatic heterocycles. The number of nitrogens with zero attached hydrogens (tertiary/aromatic N) is 3. The lowest BCUT2D eigenvalue weighted by Gasteiger charge is -2.45. The quantitative estimate of drug-likeness (QED) is 0.705. The second-order valence-corrected chi connectivity index (χ2v) is 9.55. The van der Waals surface area contributed by atoms with E-state index < -0.39 is 0 Å². The Morgan fingerprint density at radius 2 is 1.94 bits per heavy atom. The van der Waals surface area contributed by atoms with Gasteiger partial charge in [0.2, 0.25) is 5.91 Å². The number of ether oxygens (including phenoxy) is 2. The van der Waals surface area contributed by atoms with Gasteiger partial charge in [0.1, 0.15) is 19.0 Å². The number of carbonyl (C=O) groups excluding carboxylic acids is 1. The van der Waals surface area contributed by atoms with Gasteiger partial charge >= 0.3 is 0 Å². The minimum absolute atomic E-state index is 0.109. The number of piperidine rings is 1. The number of fused-ring (bicyclic) bond motifs is 1. The monoisotopic (exact) mass is 451 g/mol. The third-order valence-electron chi connectivity index (χ3n) is 7.17. The van der Waals surface area contributed by atoms with Crippen LogP contribution in [0.3, 0.4) is 0 Å². The molecule has 3 heterocycles. The van der Waals surface area contributed by atoms with Gasteiger partial charge in [0, 0.05) is 52.2 Å². The molecule has 1 fully saturated rings. The fraction of sp³-hybridized carbons (Fsp3) is 0.556. The Kier molecular flexibility index (Phi) is 8.35. The summed E-state index contributed by atoms with van der Waals surface area (Å²) in [6.07, 6.45) is 10.5. The highest BCUT2D eigenvalue weighted by molar-refractivity contribution is 5.77. The van der Waals surface area contributed by atoms with Crippen molar-refractivity contribution in [2.45, 2.75) is 45.1 Å². The zero-order valence-corrected chi connectivity index (χ0v) is 19.9. The maximum absolute atomic E-state index is 12.4. The summed E-state index contributed by atoms with van der Waals surface area (Å²) in [6, 6.07) is 12.6. The number of amides is 1. The molecule has 6 nitrogen and oxygen atoms in total. The Balaban J connectivity index is 1.50. The van der Waals surface area contributed by atoms with Crippen LogP contribution in [0.25, 0.3) is 0 Å². The molecule has 1 aromatic carbocycles. The van der Waals surface area contributed by atoms with Crippen LogP contribution in [-0.4, -0.2) is 67.2 Å². The van der Waals surface area contributed by atoms with Crippen molar-refractivity contribution in [1.82, 2.24) is 14.8 Å². The van der Waals surface area contributed by atoms with Crippen molar-refractivity contribution in [3.05, 3.63) is 59.9 Å². The molecule has 0 atom stereocenters. The van der Waals surface area contributed by atoms with Crippen LogP contribution in [0.5, 0.6) is 5.75 Å². The molecule has 4 rings (SSSR count). The zero-order chi connectivity index (χ0) is 22.9. The summed E-state index contributed by atoms with van der Waals surface area (Å²) in [6.45, 7) is 5.26. The van der Waals surface area contributed by atoms with Crippen molar-refractivity contribution >= 4 is 5.91 Å². The van der Waals surface area contributed by atoms with Crippen LogP contribution in [0.4, 0.5) is 0 Å². The second-order valence-electron chi connectivity index (χ2n) is 9.55. The summed E-state index contributed by atoms with van der Waals surface area (Å²) in [5.41, 5.74) is 2.77. The average Bonchev–Trinajstić information content (AvgIpc) is 2.83. The Morgan fingerprint density at radius 1 is 1.09 bits per heavy atom. The van der Waals surface area contributed by atoms with Crippen molar-refractivity contribution < 1.29 is 14.3 Å². The molecule has 33 heavy (non-hydrogen) atoms. The van der Waals surface area contributed by atoms with E-state index in [2.05, 4.69) is 40.2 Å². The minimum atomic E-state index is 0.109. The topological polar surface area (TPSA) is 54.9 Å². The maximum atomic E-state index is 12.4. The average molecular weight is 452 g/mol. The fourth-order valence-corrected chi connectivity index (χ4v) is 5.32. The first-order chi connectivity index (χ1) is 16.2. The normalized spacial score (nSPS) is 19.7. The molecule has 0 bridgehead atoms. The summed E-state index contributed by atoms with van der Waals surface area (Å²) in [5, 5.41) is 0. The lowest BCUT2D eigenvalue weighted by Crippen LogP contribution is -2.49. The number of hydrogen-bond acceptors (Lipinski definition) is 5. The van der Waals surface area contributed by atoms with E-state index in [0.717, 1.165) is 64.2 Å². The van der Waals surface area contributed by atoms with E-state index in [4.69, 9.17) is 9.47 Å². The fourth-order valence-electron chi connectivity index (χ4n) is 5.32. The summed E-state index contributed by atoms with van der Waals surface area (Å²) in [7, 11) is 1.59. The van der Waals surface area contributed by atoms with E-state index >= 15 is 0 Å². The van der Waals surface area contributed by atoms with E-state index in [9.17, 15) is 4.79 Å². The Bertz CT molecular complexity index is 881. The third-order valence-corrected chi connectivity index (χ3v) is 7.17. The van der Waals surface area contributed by atoms with Crippen LogP contribution in [0, 0.1) is 5.41 Å². The second kappa shape index (κ2) is 11.6. The van der Waals surface area contributed by atoms with Crippen molar-refractivity contribution in [3.8, 4) is 5.75 Å². The molecule has 0 saturated carbocycles. The number of aryl methyl sites for hydroxylation is 1. The molecule has 178 valence electrons. The van der Waals surface area contributed by atoms with Crippen molar-refractivity contribution in [3.63, 3.8) is 0 Å². The highest BCUT2D eigenvalue weighted by Gasteiger charge is 2.37. The maximum Gasteiger partial charge on any atom is 0.248 e. The molecule has 0 unspecified atom stereocenters. The molecular weight excluding hydrogens is 414 g/mol. The van der Waals surface area contributed by atoms with Gasteiger partial charge < -0.3 is 14.4 Å². The van der Waals surface area contributed by atoms with Gasteiger partial charge in [-0.25, -0.2) is 0 Å². The van der Waals surface area contributed by atoms with Crippen LogP contribution < -0.4 is 4.74 Å². The molecule has 0 N–H and O–H groups in total. The summed E-state index contributed by atoms with van der Waals surface area (Å²) >= 11 is 0. The van der Waals surface area contributed by atoms with Gasteiger partial charge in [-0.3, -0.25) is 14.7 Å². The van der Waals surface area contributed by atoms with Gasteiger partial charge in [-0.2, -0.15) is 0 Å². The molecule has 6 heteroatoms. The standard InChI is InChI=1S/C27H37N3O3/c1-32-21-26(31)30-15-12-27(13-16-30)11-5-4-9-24-8-2-3-10-25(24)33-18-17-29(22-27)20-23-7-6-14-28-19-23/h2-3,6-8,10,14,19H,4-5,9,11-13,15-18,20-22H2,1H3. The van der Waals surface area contributed by atoms with Gasteiger partial charge in [-0.15, -0.1) is 0 Å². The Hall–Kier alpha value is -2.44.